The van der Waals surface area contributed by atoms with Crippen LogP contribution < -0.4 is 10.2 Å². The first-order valence-electron chi connectivity index (χ1n) is 8.14. The largest absolute Gasteiger partial charge is 0.370 e. The van der Waals surface area contributed by atoms with Gasteiger partial charge in [-0.05, 0) is 49.2 Å². The first-order valence-corrected chi connectivity index (χ1v) is 8.14. The minimum Gasteiger partial charge on any atom is -0.370 e. The summed E-state index contributed by atoms with van der Waals surface area (Å²) in [5, 5.41) is 3.72. The highest BCUT2D eigenvalue weighted by molar-refractivity contribution is 6.07. The fourth-order valence-corrected chi connectivity index (χ4v) is 3.24. The van der Waals surface area contributed by atoms with E-state index in [1.54, 1.807) is 18.2 Å². The van der Waals surface area contributed by atoms with Gasteiger partial charge in [0.05, 0.1) is 5.69 Å². The van der Waals surface area contributed by atoms with Gasteiger partial charge in [0.2, 0.25) is 0 Å². The second-order valence-corrected chi connectivity index (χ2v) is 6.06. The summed E-state index contributed by atoms with van der Waals surface area (Å²) < 4.78 is 14.3. The van der Waals surface area contributed by atoms with Gasteiger partial charge in [0, 0.05) is 35.8 Å². The summed E-state index contributed by atoms with van der Waals surface area (Å²) in [6, 6.07) is 12.2. The molecule has 0 spiro atoms. The lowest BCUT2D eigenvalue weighted by molar-refractivity contribution is 0.102. The van der Waals surface area contributed by atoms with Crippen LogP contribution in [0.15, 0.2) is 48.7 Å². The number of anilines is 2. The van der Waals surface area contributed by atoms with Crippen LogP contribution in [-0.2, 0) is 0 Å². The van der Waals surface area contributed by atoms with E-state index in [0.29, 0.717) is 5.56 Å². The molecule has 5 heteroatoms. The fraction of sp³-hybridized carbons (Fsp3) is 0.211. The minimum atomic E-state index is -0.407. The van der Waals surface area contributed by atoms with Crippen LogP contribution in [0, 0.1) is 5.82 Å². The number of para-hydroxylation sites is 1. The van der Waals surface area contributed by atoms with Gasteiger partial charge in [-0.2, -0.15) is 0 Å². The molecule has 4 nitrogen and oxygen atoms in total. The SMILES string of the molecule is O=C(Nc1c(F)cccc1N1CCCC1)c1ccc2[nH]ccc2c1. The number of rotatable bonds is 3. The molecule has 0 aliphatic carbocycles. The number of aromatic nitrogens is 1. The predicted octanol–water partition coefficient (Wildman–Crippen LogP) is 4.16. The van der Waals surface area contributed by atoms with E-state index in [-0.39, 0.29) is 11.6 Å². The smallest absolute Gasteiger partial charge is 0.255 e. The van der Waals surface area contributed by atoms with E-state index in [1.165, 1.54) is 6.07 Å². The Morgan fingerprint density at radius 2 is 1.96 bits per heavy atom. The maximum atomic E-state index is 14.3. The van der Waals surface area contributed by atoms with Gasteiger partial charge < -0.3 is 15.2 Å². The Labute approximate surface area is 139 Å². The highest BCUT2D eigenvalue weighted by Crippen LogP contribution is 2.31. The molecule has 0 atom stereocenters. The van der Waals surface area contributed by atoms with E-state index in [0.717, 1.165) is 42.5 Å². The average Bonchev–Trinajstić information content (AvgIpc) is 3.27. The number of hydrogen-bond donors (Lipinski definition) is 2. The predicted molar refractivity (Wildman–Crippen MR) is 94.1 cm³/mol. The quantitative estimate of drug-likeness (QED) is 0.760. The summed E-state index contributed by atoms with van der Waals surface area (Å²) in [5.41, 5.74) is 2.50. The first kappa shape index (κ1) is 14.8. The Bertz CT molecular complexity index is 897. The second-order valence-electron chi connectivity index (χ2n) is 6.06. The number of fused-ring (bicyclic) bond motifs is 1. The first-order chi connectivity index (χ1) is 11.7. The number of amides is 1. The van der Waals surface area contributed by atoms with Gasteiger partial charge in [-0.3, -0.25) is 4.79 Å². The standard InChI is InChI=1S/C19H18FN3O/c20-15-4-3-5-17(23-10-1-2-11-23)18(15)22-19(24)14-6-7-16-13(12-14)8-9-21-16/h3-9,12,21H,1-2,10-11H2,(H,22,24). The Kier molecular flexibility index (Phi) is 3.69. The van der Waals surface area contributed by atoms with Crippen LogP contribution >= 0.6 is 0 Å². The normalized spacial score (nSPS) is 14.3. The number of hydrogen-bond acceptors (Lipinski definition) is 2. The molecule has 0 unspecified atom stereocenters. The molecular weight excluding hydrogens is 305 g/mol. The number of halogens is 1. The molecule has 1 saturated heterocycles. The topological polar surface area (TPSA) is 48.1 Å². The van der Waals surface area contributed by atoms with Crippen LogP contribution in [0.4, 0.5) is 15.8 Å². The van der Waals surface area contributed by atoms with Gasteiger partial charge in [-0.15, -0.1) is 0 Å². The van der Waals surface area contributed by atoms with Crippen molar-refractivity contribution in [3.05, 3.63) is 60.0 Å². The molecule has 1 aromatic heterocycles. The van der Waals surface area contributed by atoms with E-state index in [2.05, 4.69) is 15.2 Å². The molecule has 2 heterocycles. The molecule has 1 amide bonds. The summed E-state index contributed by atoms with van der Waals surface area (Å²) in [4.78, 5) is 17.8. The highest BCUT2D eigenvalue weighted by Gasteiger charge is 2.20. The third-order valence-electron chi connectivity index (χ3n) is 4.49. The Hall–Kier alpha value is -2.82. The van der Waals surface area contributed by atoms with Gasteiger partial charge in [-0.1, -0.05) is 6.07 Å². The summed E-state index contributed by atoms with van der Waals surface area (Å²) >= 11 is 0. The highest BCUT2D eigenvalue weighted by atomic mass is 19.1. The van der Waals surface area contributed by atoms with Crippen LogP contribution in [0.2, 0.25) is 0 Å². The number of H-pyrrole nitrogens is 1. The molecule has 2 N–H and O–H groups in total. The van der Waals surface area contributed by atoms with E-state index in [4.69, 9.17) is 0 Å². The van der Waals surface area contributed by atoms with Gasteiger partial charge in [0.25, 0.3) is 5.91 Å². The maximum Gasteiger partial charge on any atom is 0.255 e. The number of carbonyl (C=O) groups excluding carboxylic acids is 1. The van der Waals surface area contributed by atoms with Crippen LogP contribution in [0.1, 0.15) is 23.2 Å². The van der Waals surface area contributed by atoms with E-state index in [1.807, 2.05) is 24.4 Å². The van der Waals surface area contributed by atoms with Crippen molar-refractivity contribution in [2.24, 2.45) is 0 Å². The van der Waals surface area contributed by atoms with Crippen molar-refractivity contribution < 1.29 is 9.18 Å². The minimum absolute atomic E-state index is 0.263. The number of nitrogens with one attached hydrogen (secondary N) is 2. The Morgan fingerprint density at radius 1 is 1.12 bits per heavy atom. The Morgan fingerprint density at radius 3 is 2.79 bits per heavy atom. The second kappa shape index (κ2) is 6.00. The average molecular weight is 323 g/mol. The van der Waals surface area contributed by atoms with Crippen LogP contribution in [0.5, 0.6) is 0 Å². The van der Waals surface area contributed by atoms with E-state index >= 15 is 0 Å². The molecule has 0 radical (unpaired) electrons. The molecule has 122 valence electrons. The summed E-state index contributed by atoms with van der Waals surface area (Å²) in [6.45, 7) is 1.78. The van der Waals surface area contributed by atoms with Crippen LogP contribution in [0.25, 0.3) is 10.9 Å². The van der Waals surface area contributed by atoms with Crippen molar-refractivity contribution in [1.29, 1.82) is 0 Å². The lowest BCUT2D eigenvalue weighted by atomic mass is 10.1. The van der Waals surface area contributed by atoms with Crippen molar-refractivity contribution in [3.8, 4) is 0 Å². The lowest BCUT2D eigenvalue weighted by Gasteiger charge is -2.22. The molecule has 1 aliphatic heterocycles. The van der Waals surface area contributed by atoms with Crippen molar-refractivity contribution in [1.82, 2.24) is 4.98 Å². The number of carbonyl (C=O) groups is 1. The summed E-state index contributed by atoms with van der Waals surface area (Å²) in [6.07, 6.45) is 4.01. The molecule has 24 heavy (non-hydrogen) atoms. The molecule has 1 aliphatic rings. The maximum absolute atomic E-state index is 14.3. The third kappa shape index (κ3) is 2.62. The third-order valence-corrected chi connectivity index (χ3v) is 4.49. The van der Waals surface area contributed by atoms with Gasteiger partial charge in [-0.25, -0.2) is 4.39 Å². The van der Waals surface area contributed by atoms with Gasteiger partial charge in [0.15, 0.2) is 0 Å². The van der Waals surface area contributed by atoms with Crippen molar-refractivity contribution in [2.45, 2.75) is 12.8 Å². The molecule has 3 aromatic rings. The monoisotopic (exact) mass is 323 g/mol. The van der Waals surface area contributed by atoms with Gasteiger partial charge in [0.1, 0.15) is 11.5 Å². The van der Waals surface area contributed by atoms with E-state index < -0.39 is 5.82 Å². The molecule has 4 rings (SSSR count). The zero-order chi connectivity index (χ0) is 16.5. The number of benzene rings is 2. The Balaban J connectivity index is 1.65. The molecule has 2 aromatic carbocycles. The fourth-order valence-electron chi connectivity index (χ4n) is 3.24. The lowest BCUT2D eigenvalue weighted by Crippen LogP contribution is -2.22. The summed E-state index contributed by atoms with van der Waals surface area (Å²) in [5.74, 6) is -0.709. The van der Waals surface area contributed by atoms with Crippen molar-refractivity contribution in [2.75, 3.05) is 23.3 Å². The zero-order valence-corrected chi connectivity index (χ0v) is 13.2. The molecule has 0 saturated carbocycles. The van der Waals surface area contributed by atoms with Crippen molar-refractivity contribution >= 4 is 28.2 Å². The summed E-state index contributed by atoms with van der Waals surface area (Å²) in [7, 11) is 0. The zero-order valence-electron chi connectivity index (χ0n) is 13.2. The van der Waals surface area contributed by atoms with Crippen molar-refractivity contribution in [3.63, 3.8) is 0 Å². The number of aromatic amines is 1. The van der Waals surface area contributed by atoms with Crippen LogP contribution in [0.3, 0.4) is 0 Å². The van der Waals surface area contributed by atoms with Crippen LogP contribution in [-0.4, -0.2) is 24.0 Å². The number of nitrogens with zero attached hydrogens (tertiary/aromatic N) is 1. The van der Waals surface area contributed by atoms with E-state index in [9.17, 15) is 9.18 Å². The molecule has 1 fully saturated rings. The van der Waals surface area contributed by atoms with Gasteiger partial charge >= 0.3 is 0 Å². The molecule has 0 bridgehead atoms. The molecular formula is C19H18FN3O.